The van der Waals surface area contributed by atoms with Gasteiger partial charge in [0.15, 0.2) is 0 Å². The van der Waals surface area contributed by atoms with Crippen molar-refractivity contribution in [2.75, 3.05) is 27.4 Å². The van der Waals surface area contributed by atoms with E-state index >= 15 is 0 Å². The van der Waals surface area contributed by atoms with Gasteiger partial charge in [-0.15, -0.1) is 0 Å². The second-order valence-corrected chi connectivity index (χ2v) is 7.53. The number of hydrogen-bond donors (Lipinski definition) is 0. The van der Waals surface area contributed by atoms with Crippen LogP contribution in [0.5, 0.6) is 0 Å². The van der Waals surface area contributed by atoms with Crippen molar-refractivity contribution < 1.29 is 18.3 Å². The first kappa shape index (κ1) is 13.7. The van der Waals surface area contributed by atoms with Gasteiger partial charge >= 0.3 is 8.56 Å². The maximum Gasteiger partial charge on any atom is 0.369 e. The lowest BCUT2D eigenvalue weighted by molar-refractivity contribution is -0.0564. The maximum absolute atomic E-state index is 6.02. The Kier molecular flexibility index (Phi) is 4.53. The predicted molar refractivity (Wildman–Crippen MR) is 71.2 cm³/mol. The van der Waals surface area contributed by atoms with Gasteiger partial charge in [0.2, 0.25) is 0 Å². The van der Waals surface area contributed by atoms with E-state index in [0.717, 1.165) is 5.19 Å². The summed E-state index contributed by atoms with van der Waals surface area (Å²) < 4.78 is 22.8. The molecule has 1 aromatic carbocycles. The Bertz CT molecular complexity index is 357. The summed E-state index contributed by atoms with van der Waals surface area (Å²) in [5.41, 5.74) is 0. The molecule has 1 saturated heterocycles. The highest BCUT2D eigenvalue weighted by Crippen LogP contribution is 2.17. The van der Waals surface area contributed by atoms with Gasteiger partial charge in [-0.1, -0.05) is 30.3 Å². The summed E-state index contributed by atoms with van der Waals surface area (Å²) >= 11 is 0. The van der Waals surface area contributed by atoms with Crippen LogP contribution in [-0.2, 0) is 18.3 Å². The van der Waals surface area contributed by atoms with Gasteiger partial charge in [0.1, 0.15) is 12.2 Å². The SMILES string of the molecule is CO[C@H]1CO[Si](C)(c2ccccc2)OC[C@@H]1OC. The van der Waals surface area contributed by atoms with Crippen molar-refractivity contribution in [1.82, 2.24) is 0 Å². The zero-order valence-corrected chi connectivity index (χ0v) is 12.1. The first-order valence-electron chi connectivity index (χ1n) is 6.08. The molecule has 0 bridgehead atoms. The van der Waals surface area contributed by atoms with E-state index in [1.165, 1.54) is 0 Å². The zero-order valence-electron chi connectivity index (χ0n) is 11.1. The van der Waals surface area contributed by atoms with Crippen LogP contribution in [0.1, 0.15) is 0 Å². The number of hydrogen-bond acceptors (Lipinski definition) is 4. The summed E-state index contributed by atoms with van der Waals surface area (Å²) in [6.45, 7) is 3.08. The quantitative estimate of drug-likeness (QED) is 0.768. The van der Waals surface area contributed by atoms with E-state index in [9.17, 15) is 0 Å². The molecule has 2 rings (SSSR count). The fraction of sp³-hybridized carbons (Fsp3) is 0.538. The Morgan fingerprint density at radius 3 is 1.94 bits per heavy atom. The van der Waals surface area contributed by atoms with Crippen molar-refractivity contribution in [3.05, 3.63) is 30.3 Å². The van der Waals surface area contributed by atoms with Gasteiger partial charge in [-0.05, 0) is 11.7 Å². The highest BCUT2D eigenvalue weighted by molar-refractivity contribution is 6.80. The Hall–Kier alpha value is -0.723. The van der Waals surface area contributed by atoms with Crippen molar-refractivity contribution in [3.8, 4) is 0 Å². The van der Waals surface area contributed by atoms with Crippen LogP contribution in [-0.4, -0.2) is 48.2 Å². The molecule has 1 aromatic rings. The lowest BCUT2D eigenvalue weighted by Gasteiger charge is -2.24. The van der Waals surface area contributed by atoms with E-state index in [1.54, 1.807) is 14.2 Å². The number of rotatable bonds is 3. The van der Waals surface area contributed by atoms with Crippen LogP contribution in [0.3, 0.4) is 0 Å². The lowest BCUT2D eigenvalue weighted by atomic mass is 10.2. The van der Waals surface area contributed by atoms with Crippen molar-refractivity contribution in [2.45, 2.75) is 18.8 Å². The molecule has 1 heterocycles. The van der Waals surface area contributed by atoms with Gasteiger partial charge in [-0.3, -0.25) is 0 Å². The Morgan fingerprint density at radius 1 is 1.00 bits per heavy atom. The third-order valence-corrected chi connectivity index (χ3v) is 6.18. The third kappa shape index (κ3) is 2.81. The first-order valence-corrected chi connectivity index (χ1v) is 8.40. The van der Waals surface area contributed by atoms with E-state index in [1.807, 2.05) is 18.2 Å². The van der Waals surface area contributed by atoms with E-state index in [4.69, 9.17) is 18.3 Å². The summed E-state index contributed by atoms with van der Waals surface area (Å²) in [4.78, 5) is 0. The van der Waals surface area contributed by atoms with E-state index in [2.05, 4.69) is 18.7 Å². The highest BCUT2D eigenvalue weighted by Gasteiger charge is 2.40. The molecule has 0 N–H and O–H groups in total. The van der Waals surface area contributed by atoms with Crippen molar-refractivity contribution in [3.63, 3.8) is 0 Å². The molecule has 5 heteroatoms. The predicted octanol–water partition coefficient (Wildman–Crippen LogP) is 1.04. The first-order chi connectivity index (χ1) is 8.69. The zero-order chi connectivity index (χ0) is 13.0. The normalized spacial score (nSPS) is 27.7. The summed E-state index contributed by atoms with van der Waals surface area (Å²) in [5.74, 6) is 0. The summed E-state index contributed by atoms with van der Waals surface area (Å²) in [6.07, 6.45) is -0.152. The van der Waals surface area contributed by atoms with Crippen LogP contribution in [0.2, 0.25) is 6.55 Å². The van der Waals surface area contributed by atoms with Crippen LogP contribution in [0.15, 0.2) is 30.3 Å². The molecule has 0 aliphatic carbocycles. The maximum atomic E-state index is 6.02. The second kappa shape index (κ2) is 5.95. The van der Waals surface area contributed by atoms with Crippen LogP contribution in [0, 0.1) is 0 Å². The average molecular weight is 268 g/mol. The minimum absolute atomic E-state index is 0.0759. The Labute approximate surface area is 109 Å². The minimum Gasteiger partial charge on any atom is -0.388 e. The molecule has 0 amide bonds. The van der Waals surface area contributed by atoms with Crippen LogP contribution in [0.4, 0.5) is 0 Å². The molecule has 0 radical (unpaired) electrons. The van der Waals surface area contributed by atoms with E-state index in [0.29, 0.717) is 13.2 Å². The molecule has 0 aromatic heterocycles. The second-order valence-electron chi connectivity index (χ2n) is 4.48. The number of benzene rings is 1. The van der Waals surface area contributed by atoms with Gasteiger partial charge in [0, 0.05) is 14.2 Å². The fourth-order valence-electron chi connectivity index (χ4n) is 2.09. The molecular weight excluding hydrogens is 248 g/mol. The summed E-state index contributed by atoms with van der Waals surface area (Å²) in [5, 5.41) is 1.14. The molecule has 2 atom stereocenters. The smallest absolute Gasteiger partial charge is 0.369 e. The van der Waals surface area contributed by atoms with Gasteiger partial charge in [0.05, 0.1) is 13.2 Å². The molecule has 18 heavy (non-hydrogen) atoms. The molecule has 1 fully saturated rings. The van der Waals surface area contributed by atoms with Crippen molar-refractivity contribution >= 4 is 13.7 Å². The third-order valence-electron chi connectivity index (χ3n) is 3.36. The Balaban J connectivity index is 2.17. The highest BCUT2D eigenvalue weighted by atomic mass is 28.4. The summed E-state index contributed by atoms with van der Waals surface area (Å²) in [7, 11) is 1.01. The molecule has 0 unspecified atom stereocenters. The van der Waals surface area contributed by atoms with Gasteiger partial charge in [0.25, 0.3) is 0 Å². The van der Waals surface area contributed by atoms with Crippen molar-refractivity contribution in [1.29, 1.82) is 0 Å². The van der Waals surface area contributed by atoms with E-state index < -0.39 is 8.56 Å². The van der Waals surface area contributed by atoms with Gasteiger partial charge in [-0.2, -0.15) is 0 Å². The van der Waals surface area contributed by atoms with Crippen molar-refractivity contribution in [2.24, 2.45) is 0 Å². The lowest BCUT2D eigenvalue weighted by Crippen LogP contribution is -2.50. The standard InChI is InChI=1S/C13H20O4Si/c1-14-12-9-16-18(3,17-10-13(12)15-2)11-7-5-4-6-8-11/h4-8,12-13H,9-10H2,1-3H3/t12-,13-/m0/s1. The average Bonchev–Trinajstić information content (AvgIpc) is 2.59. The van der Waals surface area contributed by atoms with Gasteiger partial charge < -0.3 is 18.3 Å². The summed E-state index contributed by atoms with van der Waals surface area (Å²) in [6, 6.07) is 10.1. The number of methoxy groups -OCH3 is 2. The molecule has 1 aliphatic heterocycles. The fourth-order valence-corrected chi connectivity index (χ4v) is 4.27. The molecule has 1 aliphatic rings. The van der Waals surface area contributed by atoms with Crippen LogP contribution in [0.25, 0.3) is 0 Å². The van der Waals surface area contributed by atoms with Crippen LogP contribution < -0.4 is 5.19 Å². The molecule has 100 valence electrons. The largest absolute Gasteiger partial charge is 0.388 e. The minimum atomic E-state index is -2.34. The molecule has 0 spiro atoms. The Morgan fingerprint density at radius 2 is 1.50 bits per heavy atom. The monoisotopic (exact) mass is 268 g/mol. The van der Waals surface area contributed by atoms with Crippen LogP contribution >= 0.6 is 0 Å². The molecular formula is C13H20O4Si. The van der Waals surface area contributed by atoms with E-state index in [-0.39, 0.29) is 12.2 Å². The topological polar surface area (TPSA) is 36.9 Å². The molecule has 0 saturated carbocycles. The number of ether oxygens (including phenoxy) is 2. The molecule has 4 nitrogen and oxygen atoms in total. The van der Waals surface area contributed by atoms with Gasteiger partial charge in [-0.25, -0.2) is 0 Å².